The van der Waals surface area contributed by atoms with Gasteiger partial charge < -0.3 is 129 Å². The van der Waals surface area contributed by atoms with Crippen LogP contribution in [0.3, 0.4) is 0 Å². The first kappa shape index (κ1) is 63.1. The Morgan fingerprint density at radius 2 is 1.15 bits per heavy atom. The number of aromatic hydroxyl groups is 3. The van der Waals surface area contributed by atoms with E-state index in [-0.39, 0.29) is 56.8 Å². The minimum Gasteiger partial charge on any atom is -0.508 e. The van der Waals surface area contributed by atoms with Gasteiger partial charge in [0.1, 0.15) is 114 Å². The van der Waals surface area contributed by atoms with Gasteiger partial charge in [0, 0.05) is 24.3 Å². The molecule has 29 heteroatoms. The number of carbonyl (C=O) groups excluding carboxylic acids is 2. The Morgan fingerprint density at radius 3 is 1.80 bits per heavy atom. The zero-order valence-corrected chi connectivity index (χ0v) is 45.1. The number of rotatable bonds is 19. The summed E-state index contributed by atoms with van der Waals surface area (Å²) in [5, 5.41) is 159. The second kappa shape index (κ2) is 27.6. The number of phenols is 3. The molecule has 5 aromatic rings. The molecule has 5 heterocycles. The van der Waals surface area contributed by atoms with E-state index in [0.717, 1.165) is 24.3 Å². The van der Waals surface area contributed by atoms with Crippen molar-refractivity contribution >= 4 is 35.1 Å². The van der Waals surface area contributed by atoms with Crippen molar-refractivity contribution < 1.29 is 143 Å². The van der Waals surface area contributed by atoms with Crippen LogP contribution in [0, 0.1) is 0 Å². The summed E-state index contributed by atoms with van der Waals surface area (Å²) in [5.74, 6) is -3.58. The van der Waals surface area contributed by atoms with E-state index in [1.165, 1.54) is 92.1 Å². The van der Waals surface area contributed by atoms with E-state index < -0.39 is 161 Å². The number of carbonyl (C=O) groups is 2. The molecule has 29 nitrogen and oxygen atoms in total. The SMILES string of the molecule is COc1cc(C=CC(=O)O[C@H]2[C@H](O[C@H]3[C@H](Oc4cc5c(O[C@@H]6O[C@H](CO)[C@@H](O)[C@H](O)[C@H]6O)cc(O)cc5[o+]c4-c4ccc(O)cc4)O[C@H](COC(=O)/C=C/c4ccc(O[C@@H]5O[C@H](CO)[C@@H](O)[C@H](O)[C@H]5O)cc4)[C@@H](O)[C@@H]3O)OC[C@@H](O)[C@@H]2O)ccc1O. The summed E-state index contributed by atoms with van der Waals surface area (Å²) in [6.07, 6.45) is -29.0. The van der Waals surface area contributed by atoms with Gasteiger partial charge in [0.05, 0.1) is 38.6 Å². The lowest BCUT2D eigenvalue weighted by Gasteiger charge is -2.45. The molecule has 15 N–H and O–H groups in total. The van der Waals surface area contributed by atoms with Gasteiger partial charge >= 0.3 is 23.3 Å². The molecular formula is C57H63O29+. The molecule has 4 fully saturated rings. The van der Waals surface area contributed by atoms with Crippen LogP contribution in [-0.4, -0.2) is 239 Å². The van der Waals surface area contributed by atoms with Gasteiger partial charge in [-0.1, -0.05) is 18.2 Å². The fourth-order valence-corrected chi connectivity index (χ4v) is 9.50. The van der Waals surface area contributed by atoms with Gasteiger partial charge in [-0.3, -0.25) is 0 Å². The van der Waals surface area contributed by atoms with Gasteiger partial charge in [0.15, 0.2) is 30.0 Å². The number of hydrogen-bond acceptors (Lipinski definition) is 28. The fraction of sp³-hybridized carbons (Fsp3) is 0.421. The Labute approximate surface area is 486 Å². The summed E-state index contributed by atoms with van der Waals surface area (Å²) in [6, 6.07) is 18.8. The van der Waals surface area contributed by atoms with Gasteiger partial charge in [-0.2, -0.15) is 0 Å². The van der Waals surface area contributed by atoms with Crippen LogP contribution >= 0.6 is 0 Å². The minimum absolute atomic E-state index is 0.0714. The lowest BCUT2D eigenvalue weighted by Crippen LogP contribution is -2.64. The Kier molecular flexibility index (Phi) is 20.2. The van der Waals surface area contributed by atoms with Crippen LogP contribution < -0.4 is 18.9 Å². The van der Waals surface area contributed by atoms with Gasteiger partial charge in [-0.15, -0.1) is 0 Å². The molecule has 4 aliphatic heterocycles. The molecule has 464 valence electrons. The molecule has 1 aromatic heterocycles. The summed E-state index contributed by atoms with van der Waals surface area (Å²) in [7, 11) is 1.31. The van der Waals surface area contributed by atoms with E-state index >= 15 is 0 Å². The Balaban J connectivity index is 1.01. The molecule has 19 atom stereocenters. The molecule has 0 amide bonds. The van der Waals surface area contributed by atoms with Crippen LogP contribution in [0.2, 0.25) is 0 Å². The number of benzene rings is 4. The van der Waals surface area contributed by atoms with E-state index in [0.29, 0.717) is 11.1 Å². The maximum Gasteiger partial charge on any atom is 0.402 e. The van der Waals surface area contributed by atoms with Crippen molar-refractivity contribution in [3.05, 3.63) is 108 Å². The van der Waals surface area contributed by atoms with Crippen LogP contribution in [0.5, 0.6) is 40.2 Å². The number of esters is 2. The number of hydrogen-bond donors (Lipinski definition) is 15. The average Bonchev–Trinajstić information content (AvgIpc) is 1.06. The summed E-state index contributed by atoms with van der Waals surface area (Å²) in [4.78, 5) is 26.6. The third-order valence-corrected chi connectivity index (χ3v) is 14.3. The van der Waals surface area contributed by atoms with Gasteiger partial charge in [0.25, 0.3) is 0 Å². The Morgan fingerprint density at radius 1 is 0.558 bits per heavy atom. The van der Waals surface area contributed by atoms with Crippen molar-refractivity contribution in [1.82, 2.24) is 0 Å². The normalized spacial score (nSPS) is 32.2. The molecule has 86 heavy (non-hydrogen) atoms. The predicted octanol–water partition coefficient (Wildman–Crippen LogP) is -1.97. The van der Waals surface area contributed by atoms with E-state index in [1.807, 2.05) is 0 Å². The average molecular weight is 1210 g/mol. The summed E-state index contributed by atoms with van der Waals surface area (Å²) in [6.45, 7) is -2.92. The van der Waals surface area contributed by atoms with E-state index in [4.69, 9.17) is 56.5 Å². The maximum absolute atomic E-state index is 13.4. The molecule has 0 unspecified atom stereocenters. The van der Waals surface area contributed by atoms with Gasteiger partial charge in [-0.25, -0.2) is 14.0 Å². The number of aliphatic hydroxyl groups excluding tert-OH is 12. The predicted molar refractivity (Wildman–Crippen MR) is 286 cm³/mol. The highest BCUT2D eigenvalue weighted by atomic mass is 16.8. The fourth-order valence-electron chi connectivity index (χ4n) is 9.50. The number of methoxy groups -OCH3 is 1. The number of fused-ring (bicyclic) bond motifs is 1. The Hall–Kier alpha value is -7.37. The van der Waals surface area contributed by atoms with Gasteiger partial charge in [-0.05, 0) is 71.8 Å². The van der Waals surface area contributed by atoms with Crippen LogP contribution in [0.25, 0.3) is 34.4 Å². The summed E-state index contributed by atoms with van der Waals surface area (Å²) >= 11 is 0. The highest BCUT2D eigenvalue weighted by Gasteiger charge is 2.53. The third-order valence-electron chi connectivity index (χ3n) is 14.3. The van der Waals surface area contributed by atoms with Crippen molar-refractivity contribution in [3.8, 4) is 51.6 Å². The lowest BCUT2D eigenvalue weighted by molar-refractivity contribution is -0.345. The molecule has 0 spiro atoms. The molecule has 4 aliphatic rings. The lowest BCUT2D eigenvalue weighted by atomic mass is 9.98. The van der Waals surface area contributed by atoms with Crippen LogP contribution in [0.4, 0.5) is 0 Å². The molecule has 0 radical (unpaired) electrons. The third kappa shape index (κ3) is 14.2. The molecular weight excluding hydrogens is 1150 g/mol. The molecule has 4 aromatic carbocycles. The van der Waals surface area contributed by atoms with Crippen LogP contribution in [-0.2, 0) is 42.7 Å². The molecule has 9 rings (SSSR count). The summed E-state index contributed by atoms with van der Waals surface area (Å²) < 4.78 is 69.6. The highest BCUT2D eigenvalue weighted by molar-refractivity contribution is 5.89. The molecule has 0 saturated carbocycles. The van der Waals surface area contributed by atoms with Crippen LogP contribution in [0.1, 0.15) is 11.1 Å². The Bertz CT molecular complexity index is 3170. The van der Waals surface area contributed by atoms with Crippen molar-refractivity contribution in [1.29, 1.82) is 0 Å². The van der Waals surface area contributed by atoms with Crippen molar-refractivity contribution in [2.75, 3.05) is 33.5 Å². The van der Waals surface area contributed by atoms with E-state index in [2.05, 4.69) is 0 Å². The van der Waals surface area contributed by atoms with E-state index in [9.17, 15) is 86.2 Å². The maximum atomic E-state index is 13.4. The zero-order chi connectivity index (χ0) is 61.7. The molecule has 0 bridgehead atoms. The quantitative estimate of drug-likeness (QED) is 0.0242. The van der Waals surface area contributed by atoms with Crippen LogP contribution in [0.15, 0.2) is 101 Å². The van der Waals surface area contributed by atoms with E-state index in [1.54, 1.807) is 0 Å². The zero-order valence-electron chi connectivity index (χ0n) is 45.1. The highest BCUT2D eigenvalue weighted by Crippen LogP contribution is 2.43. The topological polar surface area (TPSA) is 450 Å². The largest absolute Gasteiger partial charge is 0.508 e. The monoisotopic (exact) mass is 1210 g/mol. The van der Waals surface area contributed by atoms with Crippen molar-refractivity contribution in [2.24, 2.45) is 0 Å². The standard InChI is InChI=1S/C57H62O29/c1-75-35-16-25(4-13-31(35)62)6-15-41(65)85-52-42(66)32(63)22-77-56(52)86-53-48(72)45(69)39(23-76-40(64)14-5-24-2-11-29(12-3-24)78-54-49(73)46(70)43(67)37(20-58)82-54)84-57(53)81-36-19-30-33(79-51(36)26-7-9-27(60)10-8-26)17-28(61)18-34(30)80-55-50(74)47(71)44(68)38(21-59)83-55/h2-19,32,37-39,42-50,52-59,63,66-74H,20-23H2,1H3,(H2-,60,61,62,65)/p+1/b14-5+/t32-,37-,38-,39-,42+,43-,44-,45-,46+,47+,48+,49-,50-,52-,53-,54-,55-,56+,57-/m1/s1. The first-order valence-electron chi connectivity index (χ1n) is 26.5. The number of phenolic OH excluding ortho intramolecular Hbond substituents is 3. The van der Waals surface area contributed by atoms with Gasteiger partial charge in [0.2, 0.25) is 24.6 Å². The first-order valence-corrected chi connectivity index (χ1v) is 26.5. The number of aliphatic hydroxyl groups is 12. The molecule has 4 saturated heterocycles. The second-order valence-electron chi connectivity index (χ2n) is 20.2. The van der Waals surface area contributed by atoms with Crippen molar-refractivity contribution in [2.45, 2.75) is 117 Å². The second-order valence-corrected chi connectivity index (χ2v) is 20.2. The number of ether oxygens (including phenoxy) is 11. The smallest absolute Gasteiger partial charge is 0.402 e. The molecule has 0 aliphatic carbocycles. The summed E-state index contributed by atoms with van der Waals surface area (Å²) in [5.41, 5.74) is 0.808. The minimum atomic E-state index is -2.12. The van der Waals surface area contributed by atoms with Crippen molar-refractivity contribution in [3.63, 3.8) is 0 Å². The first-order chi connectivity index (χ1) is 41.1.